The molecule has 0 unspecified atom stereocenters. The first-order valence-electron chi connectivity index (χ1n) is 2.44. The summed E-state index contributed by atoms with van der Waals surface area (Å²) in [6.07, 6.45) is 3.91. The summed E-state index contributed by atoms with van der Waals surface area (Å²) in [4.78, 5) is 0. The molecular formula is C5H17CoN2. The van der Waals surface area contributed by atoms with E-state index in [1.807, 2.05) is 0 Å². The average molecular weight is 164 g/mol. The minimum absolute atomic E-state index is 0. The molecule has 0 amide bonds. The summed E-state index contributed by atoms with van der Waals surface area (Å²) in [7, 11) is 0. The van der Waals surface area contributed by atoms with Gasteiger partial charge in [0.1, 0.15) is 0 Å². The van der Waals surface area contributed by atoms with E-state index in [0.717, 1.165) is 5.36 Å². The Labute approximate surface area is 60.2 Å². The largest absolute Gasteiger partial charge is 0.344 e. The second kappa shape index (κ2) is 15.7. The standard InChI is InChI=1S/C5H11.Co.2H3N/c1-3-5-4-2;;;/h1,3-5H2,2H3;;2*1H3. The molecule has 0 radical (unpaired) electrons. The molecule has 0 atom stereocenters. The number of hydrogen-bond donors (Lipinski definition) is 2. The second-order valence-electron chi connectivity index (χ2n) is 1.37. The van der Waals surface area contributed by atoms with Crippen molar-refractivity contribution in [2.45, 2.75) is 31.5 Å². The van der Waals surface area contributed by atoms with Crippen molar-refractivity contribution in [2.24, 2.45) is 0 Å². The zero-order chi connectivity index (χ0) is 4.83. The fraction of sp³-hybridized carbons (Fsp3) is 1.00. The maximum Gasteiger partial charge on any atom is -0.344 e. The molecule has 0 aromatic heterocycles. The summed E-state index contributed by atoms with van der Waals surface area (Å²) in [5.41, 5.74) is 0. The Balaban J connectivity index is -0.000000125. The van der Waals surface area contributed by atoms with Crippen molar-refractivity contribution in [2.75, 3.05) is 0 Å². The molecule has 0 aliphatic rings. The SMILES string of the molecule is CCCC[CH2][Co].N.N. The van der Waals surface area contributed by atoms with Crippen LogP contribution < -0.4 is 12.3 Å². The fourth-order valence-electron chi connectivity index (χ4n) is 0.333. The molecule has 6 N–H and O–H groups in total. The van der Waals surface area contributed by atoms with Crippen LogP contribution in [-0.2, 0) is 15.7 Å². The van der Waals surface area contributed by atoms with Crippen molar-refractivity contribution in [1.82, 2.24) is 12.3 Å². The van der Waals surface area contributed by atoms with Gasteiger partial charge in [-0.15, -0.1) is 0 Å². The molecule has 0 saturated carbocycles. The number of unbranched alkanes of at least 4 members (excludes halogenated alkanes) is 2. The molecular weight excluding hydrogens is 147 g/mol. The maximum atomic E-state index is 4.10. The maximum absolute atomic E-state index is 4.10. The van der Waals surface area contributed by atoms with Crippen molar-refractivity contribution in [3.8, 4) is 0 Å². The van der Waals surface area contributed by atoms with Gasteiger partial charge < -0.3 is 12.3 Å². The van der Waals surface area contributed by atoms with E-state index in [1.54, 1.807) is 0 Å². The van der Waals surface area contributed by atoms with Gasteiger partial charge in [-0.05, 0) is 0 Å². The van der Waals surface area contributed by atoms with E-state index in [-0.39, 0.29) is 12.3 Å². The van der Waals surface area contributed by atoms with Crippen LogP contribution in [-0.4, -0.2) is 0 Å². The summed E-state index contributed by atoms with van der Waals surface area (Å²) in [6.45, 7) is 2.20. The zero-order valence-electron chi connectivity index (χ0n) is 5.58. The molecule has 0 saturated heterocycles. The van der Waals surface area contributed by atoms with E-state index in [2.05, 4.69) is 22.7 Å². The molecule has 0 aromatic rings. The Morgan fingerprint density at radius 3 is 1.75 bits per heavy atom. The smallest absolute Gasteiger partial charge is 0.344 e. The third kappa shape index (κ3) is 16.1. The van der Waals surface area contributed by atoms with E-state index < -0.39 is 0 Å². The van der Waals surface area contributed by atoms with Crippen molar-refractivity contribution < 1.29 is 15.7 Å². The summed E-state index contributed by atoms with van der Waals surface area (Å²) in [5.74, 6) is 0. The van der Waals surface area contributed by atoms with Crippen LogP contribution in [0.3, 0.4) is 0 Å². The van der Waals surface area contributed by atoms with Crippen molar-refractivity contribution in [3.05, 3.63) is 0 Å². The molecule has 0 rings (SSSR count). The van der Waals surface area contributed by atoms with Crippen LogP contribution in [0.5, 0.6) is 0 Å². The molecule has 0 aliphatic heterocycles. The minimum Gasteiger partial charge on any atom is -0.344 e. The number of hydrogen-bond acceptors (Lipinski definition) is 2. The topological polar surface area (TPSA) is 70.0 Å². The molecule has 3 heteroatoms. The Morgan fingerprint density at radius 2 is 1.62 bits per heavy atom. The normalized spacial score (nSPS) is 6.88. The molecule has 0 fully saturated rings. The third-order valence-corrected chi connectivity index (χ3v) is 1.09. The van der Waals surface area contributed by atoms with Gasteiger partial charge in [-0.1, -0.05) is 0 Å². The van der Waals surface area contributed by atoms with Crippen LogP contribution in [0.2, 0.25) is 5.36 Å². The molecule has 2 nitrogen and oxygen atoms in total. The Morgan fingerprint density at radius 1 is 1.12 bits per heavy atom. The van der Waals surface area contributed by atoms with E-state index in [9.17, 15) is 0 Å². The van der Waals surface area contributed by atoms with Gasteiger partial charge in [-0.2, -0.15) is 0 Å². The number of rotatable bonds is 3. The summed E-state index contributed by atoms with van der Waals surface area (Å²) in [6, 6.07) is 0. The van der Waals surface area contributed by atoms with Crippen LogP contribution in [0.4, 0.5) is 0 Å². The third-order valence-electron chi connectivity index (χ3n) is 0.721. The molecule has 0 spiro atoms. The Kier molecular flexibility index (Phi) is 30.9. The zero-order valence-corrected chi connectivity index (χ0v) is 6.62. The van der Waals surface area contributed by atoms with Crippen molar-refractivity contribution in [3.63, 3.8) is 0 Å². The molecule has 56 valence electrons. The van der Waals surface area contributed by atoms with Crippen LogP contribution >= 0.6 is 0 Å². The van der Waals surface area contributed by atoms with Crippen LogP contribution in [0.1, 0.15) is 26.2 Å². The van der Waals surface area contributed by atoms with Gasteiger partial charge in [0.25, 0.3) is 0 Å². The first kappa shape index (κ1) is 15.8. The molecule has 0 bridgehead atoms. The minimum atomic E-state index is 0. The van der Waals surface area contributed by atoms with Gasteiger partial charge in [0.2, 0.25) is 0 Å². The van der Waals surface area contributed by atoms with Crippen LogP contribution in [0, 0.1) is 0 Å². The monoisotopic (exact) mass is 164 g/mol. The first-order chi connectivity index (χ1) is 2.91. The van der Waals surface area contributed by atoms with Crippen molar-refractivity contribution in [1.29, 1.82) is 0 Å². The summed E-state index contributed by atoms with van der Waals surface area (Å²) >= 11 is 4.10. The van der Waals surface area contributed by atoms with Crippen molar-refractivity contribution >= 4 is 0 Å². The van der Waals surface area contributed by atoms with Gasteiger partial charge in [0, 0.05) is 0 Å². The Bertz CT molecular complexity index is 22.4. The van der Waals surface area contributed by atoms with Gasteiger partial charge in [-0.3, -0.25) is 0 Å². The second-order valence-corrected chi connectivity index (χ2v) is 1.89. The van der Waals surface area contributed by atoms with E-state index >= 15 is 0 Å². The molecule has 0 heterocycles. The van der Waals surface area contributed by atoms with E-state index in [4.69, 9.17) is 0 Å². The van der Waals surface area contributed by atoms with Crippen LogP contribution in [0.25, 0.3) is 0 Å². The summed E-state index contributed by atoms with van der Waals surface area (Å²) in [5, 5.41) is 1.04. The molecule has 0 aliphatic carbocycles. The van der Waals surface area contributed by atoms with Gasteiger partial charge >= 0.3 is 47.3 Å². The quantitative estimate of drug-likeness (QED) is 0.629. The van der Waals surface area contributed by atoms with E-state index in [1.165, 1.54) is 19.3 Å². The Hall–Kier alpha value is 0.426. The van der Waals surface area contributed by atoms with E-state index in [0.29, 0.717) is 0 Å². The molecule has 0 aromatic carbocycles. The average Bonchev–Trinajstić information content (AvgIpc) is 1.61. The molecule has 8 heavy (non-hydrogen) atoms. The van der Waals surface area contributed by atoms with Gasteiger partial charge in [0.05, 0.1) is 0 Å². The summed E-state index contributed by atoms with van der Waals surface area (Å²) < 4.78 is 0. The van der Waals surface area contributed by atoms with Gasteiger partial charge in [0.15, 0.2) is 0 Å². The fourth-order valence-corrected chi connectivity index (χ4v) is 0.594. The predicted octanol–water partition coefficient (Wildman–Crippen LogP) is 2.47. The van der Waals surface area contributed by atoms with Crippen LogP contribution in [0.15, 0.2) is 0 Å². The first-order valence-corrected chi connectivity index (χ1v) is 3.18. The van der Waals surface area contributed by atoms with Gasteiger partial charge in [-0.25, -0.2) is 0 Å². The predicted molar refractivity (Wildman–Crippen MR) is 34.4 cm³/mol.